The summed E-state index contributed by atoms with van der Waals surface area (Å²) in [7, 11) is 0. The highest BCUT2D eigenvalue weighted by atomic mass is 79.9. The molecule has 0 amide bonds. The zero-order chi connectivity index (χ0) is 11.6. The van der Waals surface area contributed by atoms with Crippen molar-refractivity contribution in [1.29, 1.82) is 0 Å². The van der Waals surface area contributed by atoms with Crippen LogP contribution in [0.5, 0.6) is 5.75 Å². The Morgan fingerprint density at radius 3 is 2.47 bits per heavy atom. The Bertz CT molecular complexity index is 368. The molecule has 0 fully saturated rings. The number of ketones is 1. The van der Waals surface area contributed by atoms with Gasteiger partial charge in [-0.15, -0.1) is 0 Å². The summed E-state index contributed by atoms with van der Waals surface area (Å²) in [6, 6.07) is 2.98. The normalized spacial score (nSPS) is 10.5. The Labute approximate surface area is 94.4 Å². The van der Waals surface area contributed by atoms with Crippen molar-refractivity contribution in [3.05, 3.63) is 27.7 Å². The number of carbonyl (C=O) groups excluding carboxylic acids is 1. The van der Waals surface area contributed by atoms with Gasteiger partial charge in [0.15, 0.2) is 5.78 Å². The number of hydrogen-bond acceptors (Lipinski definition) is 2. The molecule has 0 N–H and O–H groups in total. The van der Waals surface area contributed by atoms with Gasteiger partial charge in [-0.05, 0) is 47.5 Å². The predicted molar refractivity (Wildman–Crippen MR) is 55.5 cm³/mol. The second kappa shape index (κ2) is 4.70. The van der Waals surface area contributed by atoms with Gasteiger partial charge in [-0.2, -0.15) is 8.78 Å². The summed E-state index contributed by atoms with van der Waals surface area (Å²) in [6.45, 7) is 0.146. The molecular weight excluding hydrogens is 270 g/mol. The predicted octanol–water partition coefficient (Wildman–Crippen LogP) is 3.56. The van der Waals surface area contributed by atoms with E-state index in [1.54, 1.807) is 6.92 Å². The highest BCUT2D eigenvalue weighted by Crippen LogP contribution is 2.31. The Hall–Kier alpha value is -0.970. The third kappa shape index (κ3) is 2.99. The van der Waals surface area contributed by atoms with Crippen molar-refractivity contribution < 1.29 is 18.3 Å². The number of carbonyl (C=O) groups is 1. The smallest absolute Gasteiger partial charge is 0.387 e. The molecule has 0 spiro atoms. The summed E-state index contributed by atoms with van der Waals surface area (Å²) >= 11 is 3.08. The molecule has 1 aromatic rings. The van der Waals surface area contributed by atoms with Crippen molar-refractivity contribution in [3.63, 3.8) is 0 Å². The number of ether oxygens (including phenoxy) is 1. The van der Waals surface area contributed by atoms with Gasteiger partial charge in [-0.1, -0.05) is 0 Å². The van der Waals surface area contributed by atoms with E-state index in [0.717, 1.165) is 0 Å². The minimum atomic E-state index is -2.87. The quantitative estimate of drug-likeness (QED) is 0.791. The molecule has 1 rings (SSSR count). The van der Waals surface area contributed by atoms with E-state index in [0.29, 0.717) is 15.6 Å². The van der Waals surface area contributed by atoms with E-state index in [2.05, 4.69) is 20.7 Å². The van der Waals surface area contributed by atoms with Crippen molar-refractivity contribution in [2.24, 2.45) is 0 Å². The van der Waals surface area contributed by atoms with Gasteiger partial charge in [0, 0.05) is 5.56 Å². The summed E-state index contributed by atoms with van der Waals surface area (Å²) in [5, 5.41) is 0. The number of halogens is 3. The van der Waals surface area contributed by atoms with Crippen LogP contribution in [0, 0.1) is 6.92 Å². The molecule has 0 saturated carbocycles. The first-order valence-electron chi connectivity index (χ1n) is 4.17. The molecule has 15 heavy (non-hydrogen) atoms. The minimum Gasteiger partial charge on any atom is -0.433 e. The number of benzene rings is 1. The lowest BCUT2D eigenvalue weighted by molar-refractivity contribution is -0.0508. The van der Waals surface area contributed by atoms with E-state index in [-0.39, 0.29) is 11.5 Å². The maximum atomic E-state index is 12.0. The van der Waals surface area contributed by atoms with Crippen LogP contribution in [-0.4, -0.2) is 12.4 Å². The lowest BCUT2D eigenvalue weighted by Gasteiger charge is -2.11. The number of hydrogen-bond donors (Lipinski definition) is 0. The van der Waals surface area contributed by atoms with E-state index in [4.69, 9.17) is 0 Å². The van der Waals surface area contributed by atoms with Gasteiger partial charge in [0.2, 0.25) is 0 Å². The van der Waals surface area contributed by atoms with Crippen molar-refractivity contribution in [1.82, 2.24) is 0 Å². The monoisotopic (exact) mass is 278 g/mol. The van der Waals surface area contributed by atoms with Gasteiger partial charge in [-0.25, -0.2) is 0 Å². The molecule has 5 heteroatoms. The summed E-state index contributed by atoms with van der Waals surface area (Å²) in [5.41, 5.74) is 0.955. The average molecular weight is 279 g/mol. The Balaban J connectivity index is 3.15. The van der Waals surface area contributed by atoms with Crippen molar-refractivity contribution in [3.8, 4) is 5.75 Å². The zero-order valence-corrected chi connectivity index (χ0v) is 9.77. The second-order valence-electron chi connectivity index (χ2n) is 3.04. The van der Waals surface area contributed by atoms with Crippen LogP contribution in [0.1, 0.15) is 22.8 Å². The third-order valence-electron chi connectivity index (χ3n) is 1.84. The minimum absolute atomic E-state index is 0.0648. The highest BCUT2D eigenvalue weighted by molar-refractivity contribution is 9.10. The number of Topliss-reactive ketones (excluding diaryl/α,β-unsaturated/α-hetero) is 1. The molecule has 0 radical (unpaired) electrons. The maximum absolute atomic E-state index is 12.0. The largest absolute Gasteiger partial charge is 0.433 e. The molecule has 0 bridgehead atoms. The topological polar surface area (TPSA) is 26.3 Å². The molecule has 0 saturated heterocycles. The van der Waals surface area contributed by atoms with E-state index < -0.39 is 6.61 Å². The summed E-state index contributed by atoms with van der Waals surface area (Å²) in [5.74, 6) is -0.0580. The molecule has 0 unspecified atom stereocenters. The molecule has 0 aliphatic carbocycles. The standard InChI is InChI=1S/C10H9BrF2O2/c1-5-3-7(6(2)14)4-8(11)9(5)15-10(12)13/h3-4,10H,1-2H3. The molecule has 82 valence electrons. The van der Waals surface area contributed by atoms with Gasteiger partial charge < -0.3 is 4.74 Å². The molecule has 0 atom stereocenters. The Kier molecular flexibility index (Phi) is 3.79. The Morgan fingerprint density at radius 1 is 1.47 bits per heavy atom. The average Bonchev–Trinajstić information content (AvgIpc) is 2.10. The number of rotatable bonds is 3. The van der Waals surface area contributed by atoms with Crippen LogP contribution in [0.25, 0.3) is 0 Å². The first kappa shape index (κ1) is 12.1. The maximum Gasteiger partial charge on any atom is 0.387 e. The van der Waals surface area contributed by atoms with Crippen LogP contribution in [0.4, 0.5) is 8.78 Å². The second-order valence-corrected chi connectivity index (χ2v) is 3.89. The van der Waals surface area contributed by atoms with Crippen LogP contribution in [-0.2, 0) is 0 Å². The number of aryl methyl sites for hydroxylation is 1. The molecular formula is C10H9BrF2O2. The van der Waals surface area contributed by atoms with E-state index in [1.165, 1.54) is 19.1 Å². The molecule has 0 aliphatic rings. The van der Waals surface area contributed by atoms with Crippen LogP contribution in [0.3, 0.4) is 0 Å². The molecule has 2 nitrogen and oxygen atoms in total. The lowest BCUT2D eigenvalue weighted by Crippen LogP contribution is -2.05. The van der Waals surface area contributed by atoms with Gasteiger partial charge in [0.05, 0.1) is 4.47 Å². The van der Waals surface area contributed by atoms with E-state index in [1.807, 2.05) is 0 Å². The SMILES string of the molecule is CC(=O)c1cc(C)c(OC(F)F)c(Br)c1. The number of alkyl halides is 2. The van der Waals surface area contributed by atoms with Crippen LogP contribution >= 0.6 is 15.9 Å². The molecule has 0 heterocycles. The fourth-order valence-electron chi connectivity index (χ4n) is 1.17. The van der Waals surface area contributed by atoms with Crippen molar-refractivity contribution in [2.45, 2.75) is 20.5 Å². The van der Waals surface area contributed by atoms with Gasteiger partial charge in [0.1, 0.15) is 5.75 Å². The van der Waals surface area contributed by atoms with Crippen molar-refractivity contribution in [2.75, 3.05) is 0 Å². The Morgan fingerprint density at radius 2 is 2.07 bits per heavy atom. The summed E-state index contributed by atoms with van der Waals surface area (Å²) < 4.78 is 28.7. The van der Waals surface area contributed by atoms with Crippen LogP contribution in [0.15, 0.2) is 16.6 Å². The van der Waals surface area contributed by atoms with Crippen LogP contribution in [0.2, 0.25) is 0 Å². The first-order valence-corrected chi connectivity index (χ1v) is 4.97. The van der Waals surface area contributed by atoms with Crippen molar-refractivity contribution >= 4 is 21.7 Å². The molecule has 0 aromatic heterocycles. The first-order chi connectivity index (χ1) is 6.91. The highest BCUT2D eigenvalue weighted by Gasteiger charge is 2.13. The third-order valence-corrected chi connectivity index (χ3v) is 2.43. The fourth-order valence-corrected chi connectivity index (χ4v) is 1.83. The van der Waals surface area contributed by atoms with E-state index >= 15 is 0 Å². The molecule has 0 aliphatic heterocycles. The van der Waals surface area contributed by atoms with Gasteiger partial charge in [0.25, 0.3) is 0 Å². The van der Waals surface area contributed by atoms with Crippen LogP contribution < -0.4 is 4.74 Å². The zero-order valence-electron chi connectivity index (χ0n) is 8.18. The summed E-state index contributed by atoms with van der Waals surface area (Å²) in [4.78, 5) is 11.1. The van der Waals surface area contributed by atoms with E-state index in [9.17, 15) is 13.6 Å². The summed E-state index contributed by atoms with van der Waals surface area (Å²) in [6.07, 6.45) is 0. The molecule has 1 aromatic carbocycles. The van der Waals surface area contributed by atoms with Gasteiger partial charge >= 0.3 is 6.61 Å². The van der Waals surface area contributed by atoms with Gasteiger partial charge in [-0.3, -0.25) is 4.79 Å². The fraction of sp³-hybridized carbons (Fsp3) is 0.300. The lowest BCUT2D eigenvalue weighted by atomic mass is 10.1.